The SMILES string of the molecule is COC(=O)c1cn[nH]c1CC(C)c1cccc(NC(=O)OC(C)(C)C)c1. The number of carbonyl (C=O) groups excluding carboxylic acids is 2. The van der Waals surface area contributed by atoms with Crippen LogP contribution in [0.25, 0.3) is 0 Å². The van der Waals surface area contributed by atoms with Crippen molar-refractivity contribution >= 4 is 17.7 Å². The van der Waals surface area contributed by atoms with Gasteiger partial charge in [0.15, 0.2) is 0 Å². The van der Waals surface area contributed by atoms with Crippen molar-refractivity contribution in [2.75, 3.05) is 12.4 Å². The monoisotopic (exact) mass is 359 g/mol. The van der Waals surface area contributed by atoms with E-state index in [9.17, 15) is 9.59 Å². The van der Waals surface area contributed by atoms with E-state index in [1.54, 1.807) is 6.07 Å². The lowest BCUT2D eigenvalue weighted by atomic mass is 9.94. The maximum absolute atomic E-state index is 11.9. The first-order valence-corrected chi connectivity index (χ1v) is 8.40. The standard InChI is InChI=1S/C19H25N3O4/c1-12(9-16-15(11-20-22-16)17(23)25-5)13-7-6-8-14(10-13)21-18(24)26-19(2,3)4/h6-8,10-12H,9H2,1-5H3,(H,20,22)(H,21,24). The van der Waals surface area contributed by atoms with Crippen molar-refractivity contribution in [2.45, 2.75) is 45.6 Å². The number of methoxy groups -OCH3 is 1. The van der Waals surface area contributed by atoms with Crippen molar-refractivity contribution in [3.05, 3.63) is 47.3 Å². The molecular formula is C19H25N3O4. The molecule has 1 amide bonds. The number of hydrogen-bond donors (Lipinski definition) is 2. The van der Waals surface area contributed by atoms with E-state index >= 15 is 0 Å². The first-order chi connectivity index (χ1) is 12.2. The van der Waals surface area contributed by atoms with Gasteiger partial charge in [0.05, 0.1) is 19.0 Å². The lowest BCUT2D eigenvalue weighted by Gasteiger charge is -2.20. The molecule has 0 fully saturated rings. The molecule has 0 saturated heterocycles. The number of nitrogens with zero attached hydrogens (tertiary/aromatic N) is 1. The average Bonchev–Trinajstić information content (AvgIpc) is 3.00. The van der Waals surface area contributed by atoms with Gasteiger partial charge in [-0.05, 0) is 50.8 Å². The Hall–Kier alpha value is -2.83. The third kappa shape index (κ3) is 5.34. The van der Waals surface area contributed by atoms with Gasteiger partial charge in [0, 0.05) is 5.69 Å². The summed E-state index contributed by atoms with van der Waals surface area (Å²) < 4.78 is 10.0. The van der Waals surface area contributed by atoms with Crippen LogP contribution in [-0.4, -0.2) is 35.0 Å². The number of aromatic nitrogens is 2. The van der Waals surface area contributed by atoms with Gasteiger partial charge in [-0.15, -0.1) is 0 Å². The first-order valence-electron chi connectivity index (χ1n) is 8.40. The van der Waals surface area contributed by atoms with Crippen LogP contribution in [0.15, 0.2) is 30.5 Å². The summed E-state index contributed by atoms with van der Waals surface area (Å²) in [5.41, 5.74) is 2.27. The Morgan fingerprint density at radius 3 is 2.69 bits per heavy atom. The van der Waals surface area contributed by atoms with Gasteiger partial charge in [-0.1, -0.05) is 19.1 Å². The Bertz CT molecular complexity index is 777. The van der Waals surface area contributed by atoms with Crippen LogP contribution in [0.5, 0.6) is 0 Å². The van der Waals surface area contributed by atoms with Crippen molar-refractivity contribution in [3.63, 3.8) is 0 Å². The van der Waals surface area contributed by atoms with Crippen LogP contribution in [0, 0.1) is 0 Å². The molecule has 1 aromatic heterocycles. The summed E-state index contributed by atoms with van der Waals surface area (Å²) in [7, 11) is 1.34. The number of anilines is 1. The molecule has 0 bridgehead atoms. The summed E-state index contributed by atoms with van der Waals surface area (Å²) in [6.07, 6.45) is 1.55. The number of H-pyrrole nitrogens is 1. The van der Waals surface area contributed by atoms with Crippen molar-refractivity contribution in [1.82, 2.24) is 10.2 Å². The Morgan fingerprint density at radius 2 is 2.04 bits per heavy atom. The van der Waals surface area contributed by atoms with Gasteiger partial charge in [0.25, 0.3) is 0 Å². The second kappa shape index (κ2) is 8.03. The second-order valence-electron chi connectivity index (χ2n) is 7.11. The van der Waals surface area contributed by atoms with Crippen molar-refractivity contribution < 1.29 is 19.1 Å². The van der Waals surface area contributed by atoms with Crippen LogP contribution in [0.2, 0.25) is 0 Å². The van der Waals surface area contributed by atoms with E-state index in [0.717, 1.165) is 11.3 Å². The first kappa shape index (κ1) is 19.5. The fourth-order valence-electron chi connectivity index (χ4n) is 2.52. The number of aromatic amines is 1. The molecular weight excluding hydrogens is 334 g/mol. The Balaban J connectivity index is 2.09. The highest BCUT2D eigenvalue weighted by atomic mass is 16.6. The van der Waals surface area contributed by atoms with E-state index in [-0.39, 0.29) is 5.92 Å². The highest BCUT2D eigenvalue weighted by Crippen LogP contribution is 2.24. The summed E-state index contributed by atoms with van der Waals surface area (Å²) >= 11 is 0. The zero-order chi connectivity index (χ0) is 19.3. The molecule has 0 spiro atoms. The number of hydrogen-bond acceptors (Lipinski definition) is 5. The maximum atomic E-state index is 11.9. The number of nitrogens with one attached hydrogen (secondary N) is 2. The molecule has 1 unspecified atom stereocenters. The zero-order valence-corrected chi connectivity index (χ0v) is 15.8. The average molecular weight is 359 g/mol. The summed E-state index contributed by atoms with van der Waals surface area (Å²) in [6, 6.07) is 7.53. The van der Waals surface area contributed by atoms with Crippen LogP contribution in [0.3, 0.4) is 0 Å². The van der Waals surface area contributed by atoms with Crippen LogP contribution >= 0.6 is 0 Å². The number of esters is 1. The fourth-order valence-corrected chi connectivity index (χ4v) is 2.52. The van der Waals surface area contributed by atoms with E-state index in [4.69, 9.17) is 9.47 Å². The van der Waals surface area contributed by atoms with Gasteiger partial charge in [-0.25, -0.2) is 9.59 Å². The molecule has 1 atom stereocenters. The topological polar surface area (TPSA) is 93.3 Å². The van der Waals surface area contributed by atoms with Crippen molar-refractivity contribution in [3.8, 4) is 0 Å². The zero-order valence-electron chi connectivity index (χ0n) is 15.8. The minimum atomic E-state index is -0.556. The minimum Gasteiger partial charge on any atom is -0.465 e. The number of carbonyl (C=O) groups is 2. The molecule has 2 aromatic rings. The second-order valence-corrected chi connectivity index (χ2v) is 7.11. The lowest BCUT2D eigenvalue weighted by molar-refractivity contribution is 0.0597. The predicted octanol–water partition coefficient (Wildman–Crippen LogP) is 3.89. The molecule has 0 saturated carbocycles. The molecule has 1 heterocycles. The van der Waals surface area contributed by atoms with Crippen LogP contribution < -0.4 is 5.32 Å². The third-order valence-corrected chi connectivity index (χ3v) is 3.73. The van der Waals surface area contributed by atoms with Gasteiger partial charge in [0.1, 0.15) is 11.2 Å². The predicted molar refractivity (Wildman–Crippen MR) is 98.3 cm³/mol. The van der Waals surface area contributed by atoms with E-state index in [2.05, 4.69) is 15.5 Å². The molecule has 0 aliphatic rings. The summed E-state index contributed by atoms with van der Waals surface area (Å²) in [6.45, 7) is 7.48. The fraction of sp³-hybridized carbons (Fsp3) is 0.421. The van der Waals surface area contributed by atoms with Gasteiger partial charge >= 0.3 is 12.1 Å². The smallest absolute Gasteiger partial charge is 0.412 e. The van der Waals surface area contributed by atoms with Gasteiger partial charge in [-0.3, -0.25) is 10.4 Å². The Morgan fingerprint density at radius 1 is 1.31 bits per heavy atom. The molecule has 26 heavy (non-hydrogen) atoms. The number of rotatable bonds is 5. The van der Waals surface area contributed by atoms with Gasteiger partial charge in [-0.2, -0.15) is 5.10 Å². The number of ether oxygens (including phenoxy) is 2. The maximum Gasteiger partial charge on any atom is 0.412 e. The number of benzene rings is 1. The summed E-state index contributed by atoms with van der Waals surface area (Å²) in [4.78, 5) is 23.7. The summed E-state index contributed by atoms with van der Waals surface area (Å²) in [5.74, 6) is -0.319. The Kier molecular flexibility index (Phi) is 6.02. The van der Waals surface area contributed by atoms with Gasteiger partial charge < -0.3 is 9.47 Å². The third-order valence-electron chi connectivity index (χ3n) is 3.73. The van der Waals surface area contributed by atoms with Crippen molar-refractivity contribution in [1.29, 1.82) is 0 Å². The van der Waals surface area contributed by atoms with E-state index in [1.165, 1.54) is 13.3 Å². The molecule has 0 aliphatic carbocycles. The van der Waals surface area contributed by atoms with Crippen LogP contribution in [-0.2, 0) is 15.9 Å². The van der Waals surface area contributed by atoms with Crippen LogP contribution in [0.4, 0.5) is 10.5 Å². The normalized spacial score (nSPS) is 12.3. The molecule has 140 valence electrons. The lowest BCUT2D eigenvalue weighted by Crippen LogP contribution is -2.27. The molecule has 7 nitrogen and oxygen atoms in total. The molecule has 7 heteroatoms. The van der Waals surface area contributed by atoms with E-state index < -0.39 is 17.7 Å². The molecule has 1 aromatic carbocycles. The highest BCUT2D eigenvalue weighted by molar-refractivity contribution is 5.90. The highest BCUT2D eigenvalue weighted by Gasteiger charge is 2.19. The Labute approximate surface area is 153 Å². The van der Waals surface area contributed by atoms with E-state index in [0.29, 0.717) is 17.7 Å². The van der Waals surface area contributed by atoms with Crippen LogP contribution in [0.1, 0.15) is 55.2 Å². The minimum absolute atomic E-state index is 0.0965. The number of amides is 1. The molecule has 2 N–H and O–H groups in total. The van der Waals surface area contributed by atoms with E-state index in [1.807, 2.05) is 45.9 Å². The summed E-state index contributed by atoms with van der Waals surface area (Å²) in [5, 5.41) is 9.52. The molecule has 0 aliphatic heterocycles. The van der Waals surface area contributed by atoms with Crippen molar-refractivity contribution in [2.24, 2.45) is 0 Å². The quantitative estimate of drug-likeness (QED) is 0.790. The molecule has 2 rings (SSSR count). The van der Waals surface area contributed by atoms with Gasteiger partial charge in [0.2, 0.25) is 0 Å². The molecule has 0 radical (unpaired) electrons. The largest absolute Gasteiger partial charge is 0.465 e.